The molecule has 2 aromatic rings. The molecule has 0 saturated carbocycles. The topological polar surface area (TPSA) is 55.3 Å². The third kappa shape index (κ3) is 4.61. The van der Waals surface area contributed by atoms with Crippen molar-refractivity contribution in [3.8, 4) is 0 Å². The molecule has 21 heavy (non-hydrogen) atoms. The summed E-state index contributed by atoms with van der Waals surface area (Å²) in [6.45, 7) is 1.41. The number of amides is 1. The van der Waals surface area contributed by atoms with Crippen molar-refractivity contribution in [2.75, 3.05) is 20.3 Å². The molecule has 0 fully saturated rings. The molecule has 2 aromatic heterocycles. The highest BCUT2D eigenvalue weighted by Gasteiger charge is 2.17. The predicted octanol–water partition coefficient (Wildman–Crippen LogP) is 2.53. The minimum Gasteiger partial charge on any atom is -0.383 e. The lowest BCUT2D eigenvalue weighted by atomic mass is 10.2. The van der Waals surface area contributed by atoms with Gasteiger partial charge in [-0.15, -0.1) is 0 Å². The Morgan fingerprint density at radius 3 is 2.90 bits per heavy atom. The zero-order valence-electron chi connectivity index (χ0n) is 11.7. The van der Waals surface area contributed by atoms with E-state index < -0.39 is 0 Å². The SMILES string of the molecule is COCCN(Cc1ccccn1)C(=O)c1cncc(Br)c1. The smallest absolute Gasteiger partial charge is 0.255 e. The molecule has 6 heteroatoms. The van der Waals surface area contributed by atoms with Crippen LogP contribution in [0.3, 0.4) is 0 Å². The second kappa shape index (κ2) is 7.85. The van der Waals surface area contributed by atoms with E-state index in [0.717, 1.165) is 10.2 Å². The van der Waals surface area contributed by atoms with Gasteiger partial charge in [0, 0.05) is 36.7 Å². The van der Waals surface area contributed by atoms with E-state index in [4.69, 9.17) is 4.74 Å². The first-order valence-corrected chi connectivity index (χ1v) is 7.28. The Kier molecular flexibility index (Phi) is 5.83. The van der Waals surface area contributed by atoms with Gasteiger partial charge in [-0.2, -0.15) is 0 Å². The fourth-order valence-electron chi connectivity index (χ4n) is 1.85. The highest BCUT2D eigenvalue weighted by atomic mass is 79.9. The van der Waals surface area contributed by atoms with Crippen LogP contribution >= 0.6 is 15.9 Å². The first-order chi connectivity index (χ1) is 10.2. The Balaban J connectivity index is 2.17. The maximum Gasteiger partial charge on any atom is 0.255 e. The Bertz CT molecular complexity index is 592. The summed E-state index contributed by atoms with van der Waals surface area (Å²) in [5.41, 5.74) is 1.38. The fraction of sp³-hybridized carbons (Fsp3) is 0.267. The summed E-state index contributed by atoms with van der Waals surface area (Å²) in [6, 6.07) is 7.41. The second-order valence-corrected chi connectivity index (χ2v) is 5.35. The number of ether oxygens (including phenoxy) is 1. The van der Waals surface area contributed by atoms with Crippen LogP contribution in [0.15, 0.2) is 47.3 Å². The van der Waals surface area contributed by atoms with E-state index in [1.807, 2.05) is 18.2 Å². The summed E-state index contributed by atoms with van der Waals surface area (Å²) in [4.78, 5) is 22.6. The number of methoxy groups -OCH3 is 1. The molecule has 110 valence electrons. The van der Waals surface area contributed by atoms with Crippen molar-refractivity contribution in [1.29, 1.82) is 0 Å². The van der Waals surface area contributed by atoms with Gasteiger partial charge < -0.3 is 9.64 Å². The largest absolute Gasteiger partial charge is 0.383 e. The number of nitrogens with zero attached hydrogens (tertiary/aromatic N) is 3. The second-order valence-electron chi connectivity index (χ2n) is 4.43. The van der Waals surface area contributed by atoms with Gasteiger partial charge in [-0.05, 0) is 34.1 Å². The molecule has 0 aliphatic heterocycles. The quantitative estimate of drug-likeness (QED) is 0.803. The van der Waals surface area contributed by atoms with E-state index >= 15 is 0 Å². The summed E-state index contributed by atoms with van der Waals surface area (Å²) in [5.74, 6) is -0.0912. The van der Waals surface area contributed by atoms with Gasteiger partial charge >= 0.3 is 0 Å². The average Bonchev–Trinajstić information content (AvgIpc) is 2.51. The number of halogens is 1. The Hall–Kier alpha value is -1.79. The van der Waals surface area contributed by atoms with Gasteiger partial charge in [0.15, 0.2) is 0 Å². The van der Waals surface area contributed by atoms with Gasteiger partial charge in [0.2, 0.25) is 0 Å². The number of aromatic nitrogens is 2. The third-order valence-corrected chi connectivity index (χ3v) is 3.32. The van der Waals surface area contributed by atoms with Crippen molar-refractivity contribution in [2.45, 2.75) is 6.54 Å². The van der Waals surface area contributed by atoms with Crippen LogP contribution < -0.4 is 0 Å². The minimum absolute atomic E-state index is 0.0912. The minimum atomic E-state index is -0.0912. The number of hydrogen-bond donors (Lipinski definition) is 0. The average molecular weight is 350 g/mol. The fourth-order valence-corrected chi connectivity index (χ4v) is 2.22. The highest BCUT2D eigenvalue weighted by molar-refractivity contribution is 9.10. The molecule has 2 heterocycles. The number of pyridine rings is 2. The molecule has 2 rings (SSSR count). The van der Waals surface area contributed by atoms with Crippen molar-refractivity contribution in [3.63, 3.8) is 0 Å². The highest BCUT2D eigenvalue weighted by Crippen LogP contribution is 2.13. The maximum absolute atomic E-state index is 12.6. The van der Waals surface area contributed by atoms with Gasteiger partial charge in [0.25, 0.3) is 5.91 Å². The molecule has 0 aliphatic rings. The zero-order valence-corrected chi connectivity index (χ0v) is 13.3. The first kappa shape index (κ1) is 15.6. The van der Waals surface area contributed by atoms with Crippen molar-refractivity contribution in [2.24, 2.45) is 0 Å². The molecule has 0 spiro atoms. The van der Waals surface area contributed by atoms with Crippen LogP contribution in [0.1, 0.15) is 16.1 Å². The van der Waals surface area contributed by atoms with E-state index in [2.05, 4.69) is 25.9 Å². The molecule has 0 saturated heterocycles. The summed E-state index contributed by atoms with van der Waals surface area (Å²) in [5, 5.41) is 0. The molecule has 1 amide bonds. The number of carbonyl (C=O) groups is 1. The van der Waals surface area contributed by atoms with E-state index in [1.54, 1.807) is 36.7 Å². The van der Waals surface area contributed by atoms with Crippen LogP contribution in [0, 0.1) is 0 Å². The van der Waals surface area contributed by atoms with Crippen molar-refractivity contribution in [1.82, 2.24) is 14.9 Å². The lowest BCUT2D eigenvalue weighted by molar-refractivity contribution is 0.0677. The van der Waals surface area contributed by atoms with E-state index in [0.29, 0.717) is 25.3 Å². The lowest BCUT2D eigenvalue weighted by Gasteiger charge is -2.22. The number of hydrogen-bond acceptors (Lipinski definition) is 4. The van der Waals surface area contributed by atoms with E-state index in [9.17, 15) is 4.79 Å². The van der Waals surface area contributed by atoms with Crippen LogP contribution in [-0.4, -0.2) is 41.0 Å². The van der Waals surface area contributed by atoms with Crippen LogP contribution in [-0.2, 0) is 11.3 Å². The van der Waals surface area contributed by atoms with E-state index in [-0.39, 0.29) is 5.91 Å². The first-order valence-electron chi connectivity index (χ1n) is 6.49. The van der Waals surface area contributed by atoms with Gasteiger partial charge in [0.05, 0.1) is 24.4 Å². The molecule has 0 bridgehead atoms. The third-order valence-electron chi connectivity index (χ3n) is 2.88. The van der Waals surface area contributed by atoms with Crippen molar-refractivity contribution >= 4 is 21.8 Å². The van der Waals surface area contributed by atoms with Gasteiger partial charge in [0.1, 0.15) is 0 Å². The molecule has 0 atom stereocenters. The van der Waals surface area contributed by atoms with E-state index in [1.165, 1.54) is 0 Å². The normalized spacial score (nSPS) is 10.4. The standard InChI is InChI=1S/C15H16BrN3O2/c1-21-7-6-19(11-14-4-2-3-5-18-14)15(20)12-8-13(16)10-17-9-12/h2-5,8-10H,6-7,11H2,1H3. The maximum atomic E-state index is 12.6. The van der Waals surface area contributed by atoms with Gasteiger partial charge in [-0.1, -0.05) is 6.07 Å². The summed E-state index contributed by atoms with van der Waals surface area (Å²) in [7, 11) is 1.62. The Morgan fingerprint density at radius 1 is 1.38 bits per heavy atom. The van der Waals surface area contributed by atoms with Crippen molar-refractivity contribution < 1.29 is 9.53 Å². The summed E-state index contributed by atoms with van der Waals surface area (Å²) >= 11 is 3.33. The molecule has 0 aromatic carbocycles. The number of rotatable bonds is 6. The van der Waals surface area contributed by atoms with Gasteiger partial charge in [-0.3, -0.25) is 14.8 Å². The zero-order chi connectivity index (χ0) is 15.1. The lowest BCUT2D eigenvalue weighted by Crippen LogP contribution is -2.33. The Morgan fingerprint density at radius 2 is 2.24 bits per heavy atom. The van der Waals surface area contributed by atoms with Crippen molar-refractivity contribution in [3.05, 3.63) is 58.6 Å². The molecule has 0 radical (unpaired) electrons. The molecule has 0 N–H and O–H groups in total. The van der Waals surface area contributed by atoms with Gasteiger partial charge in [-0.25, -0.2) is 0 Å². The molecule has 0 aliphatic carbocycles. The summed E-state index contributed by atoms with van der Waals surface area (Å²) in [6.07, 6.45) is 4.93. The molecule has 0 unspecified atom stereocenters. The molecule has 5 nitrogen and oxygen atoms in total. The van der Waals surface area contributed by atoms with Crippen LogP contribution in [0.5, 0.6) is 0 Å². The van der Waals surface area contributed by atoms with Crippen LogP contribution in [0.4, 0.5) is 0 Å². The molecular formula is C15H16BrN3O2. The summed E-state index contributed by atoms with van der Waals surface area (Å²) < 4.78 is 5.86. The van der Waals surface area contributed by atoms with Crippen LogP contribution in [0.2, 0.25) is 0 Å². The molecular weight excluding hydrogens is 334 g/mol. The monoisotopic (exact) mass is 349 g/mol. The number of carbonyl (C=O) groups excluding carboxylic acids is 1. The Labute approximate surface area is 132 Å². The predicted molar refractivity (Wildman–Crippen MR) is 82.8 cm³/mol. The van der Waals surface area contributed by atoms with Crippen LogP contribution in [0.25, 0.3) is 0 Å².